The number of thioether (sulfide) groups is 1. The molecule has 2 aliphatic rings. The molecular weight excluding hydrogens is 158 g/mol. The summed E-state index contributed by atoms with van der Waals surface area (Å²) < 4.78 is 0. The van der Waals surface area contributed by atoms with Crippen molar-refractivity contribution in [2.75, 3.05) is 6.54 Å². The van der Waals surface area contributed by atoms with E-state index in [9.17, 15) is 0 Å². The molecule has 0 fully saturated rings. The molecule has 2 rings (SSSR count). The number of amidine groups is 1. The van der Waals surface area contributed by atoms with Gasteiger partial charge in [0.05, 0.1) is 12.1 Å². The first-order valence-corrected chi connectivity index (χ1v) is 4.54. The minimum absolute atomic E-state index is 0.863. The zero-order valence-electron chi connectivity index (χ0n) is 6.69. The van der Waals surface area contributed by atoms with Gasteiger partial charge in [0.1, 0.15) is 0 Å². The van der Waals surface area contributed by atoms with Crippen molar-refractivity contribution in [3.8, 4) is 0 Å². The monoisotopic (exact) mass is 169 g/mol. The largest absolute Gasteiger partial charge is 0.238 e. The molecule has 0 aromatic carbocycles. The molecule has 3 nitrogen and oxygen atoms in total. The summed E-state index contributed by atoms with van der Waals surface area (Å²) >= 11 is 1.56. The number of hydrogen-bond donors (Lipinski definition) is 0. The van der Waals surface area contributed by atoms with Gasteiger partial charge in [-0.1, -0.05) is 13.8 Å². The van der Waals surface area contributed by atoms with Crippen LogP contribution in [0, 0.1) is 0 Å². The number of rotatable bonds is 0. The van der Waals surface area contributed by atoms with Crippen molar-refractivity contribution in [2.24, 2.45) is 10.1 Å². The molecule has 2 heterocycles. The standard InChI is InChI=1S/C5H5N3S.C2H6/c1-2-6-5-8(3-1)7-4-9-5;1-2/h1-2,4H,3H2;1-2H3. The Balaban J connectivity index is 0.000000281. The van der Waals surface area contributed by atoms with Crippen molar-refractivity contribution in [3.05, 3.63) is 12.3 Å². The zero-order chi connectivity index (χ0) is 8.10. The second-order valence-corrected chi connectivity index (χ2v) is 2.53. The maximum Gasteiger partial charge on any atom is 0.190 e. The maximum atomic E-state index is 4.09. The van der Waals surface area contributed by atoms with E-state index in [1.165, 1.54) is 0 Å². The molecule has 4 heteroatoms. The van der Waals surface area contributed by atoms with Crippen LogP contribution in [0.3, 0.4) is 0 Å². The highest BCUT2D eigenvalue weighted by atomic mass is 32.2. The molecule has 0 saturated heterocycles. The average molecular weight is 169 g/mol. The summed E-state index contributed by atoms with van der Waals surface area (Å²) in [5.74, 6) is 0. The van der Waals surface area contributed by atoms with E-state index >= 15 is 0 Å². The van der Waals surface area contributed by atoms with Gasteiger partial charge in [-0.05, 0) is 17.8 Å². The Hall–Kier alpha value is -0.770. The normalized spacial score (nSPS) is 18.7. The third-order valence-corrected chi connectivity index (χ3v) is 1.86. The van der Waals surface area contributed by atoms with Crippen LogP contribution in [-0.2, 0) is 0 Å². The Bertz CT molecular complexity index is 208. The topological polar surface area (TPSA) is 28.0 Å². The van der Waals surface area contributed by atoms with Crippen LogP contribution in [0.4, 0.5) is 0 Å². The molecule has 2 aliphatic heterocycles. The van der Waals surface area contributed by atoms with E-state index in [1.54, 1.807) is 17.3 Å². The predicted molar refractivity (Wildman–Crippen MR) is 50.7 cm³/mol. The van der Waals surface area contributed by atoms with E-state index in [1.807, 2.05) is 31.1 Å². The second-order valence-electron chi connectivity index (χ2n) is 1.72. The Labute approximate surface area is 70.9 Å². The van der Waals surface area contributed by atoms with Crippen molar-refractivity contribution in [1.29, 1.82) is 0 Å². The molecule has 60 valence electrons. The quantitative estimate of drug-likeness (QED) is 0.554. The minimum atomic E-state index is 0.863. The number of fused-ring (bicyclic) bond motifs is 1. The van der Waals surface area contributed by atoms with Crippen molar-refractivity contribution in [1.82, 2.24) is 5.01 Å². The minimum Gasteiger partial charge on any atom is -0.238 e. The summed E-state index contributed by atoms with van der Waals surface area (Å²) in [7, 11) is 0. The highest BCUT2D eigenvalue weighted by Gasteiger charge is 2.15. The Morgan fingerprint density at radius 3 is 3.09 bits per heavy atom. The van der Waals surface area contributed by atoms with Crippen LogP contribution >= 0.6 is 11.8 Å². The Morgan fingerprint density at radius 1 is 1.55 bits per heavy atom. The smallest absolute Gasteiger partial charge is 0.190 e. The maximum absolute atomic E-state index is 4.09. The molecule has 0 unspecified atom stereocenters. The fraction of sp³-hybridized carbons (Fsp3) is 0.429. The van der Waals surface area contributed by atoms with Crippen LogP contribution in [0.5, 0.6) is 0 Å². The number of nitrogens with zero attached hydrogens (tertiary/aromatic N) is 3. The number of hydrazone groups is 1. The molecule has 11 heavy (non-hydrogen) atoms. The molecule has 0 N–H and O–H groups in total. The summed E-state index contributed by atoms with van der Waals surface area (Å²) in [6.45, 7) is 4.86. The van der Waals surface area contributed by atoms with Gasteiger partial charge < -0.3 is 0 Å². The lowest BCUT2D eigenvalue weighted by Crippen LogP contribution is -2.20. The van der Waals surface area contributed by atoms with Crippen molar-refractivity contribution in [3.63, 3.8) is 0 Å². The van der Waals surface area contributed by atoms with Crippen LogP contribution in [-0.4, -0.2) is 22.3 Å². The third-order valence-electron chi connectivity index (χ3n) is 1.13. The van der Waals surface area contributed by atoms with Crippen LogP contribution < -0.4 is 0 Å². The molecule has 0 aromatic heterocycles. The highest BCUT2D eigenvalue weighted by molar-refractivity contribution is 8.25. The summed E-state index contributed by atoms with van der Waals surface area (Å²) in [6, 6.07) is 0. The third kappa shape index (κ3) is 1.83. The van der Waals surface area contributed by atoms with Gasteiger partial charge in [0, 0.05) is 6.20 Å². The lowest BCUT2D eigenvalue weighted by molar-refractivity contribution is 0.506. The molecule has 0 aromatic rings. The highest BCUT2D eigenvalue weighted by Crippen LogP contribution is 2.16. The summed E-state index contributed by atoms with van der Waals surface area (Å²) in [6.07, 6.45) is 3.79. The van der Waals surface area contributed by atoms with Gasteiger partial charge in [0.25, 0.3) is 0 Å². The summed E-state index contributed by atoms with van der Waals surface area (Å²) in [4.78, 5) is 4.09. The first-order chi connectivity index (χ1) is 5.47. The fourth-order valence-electron chi connectivity index (χ4n) is 0.724. The van der Waals surface area contributed by atoms with Gasteiger partial charge in [0.2, 0.25) is 0 Å². The molecule has 0 aliphatic carbocycles. The lowest BCUT2D eigenvalue weighted by Gasteiger charge is -2.12. The van der Waals surface area contributed by atoms with E-state index in [2.05, 4.69) is 10.1 Å². The van der Waals surface area contributed by atoms with E-state index in [4.69, 9.17) is 0 Å². The molecule has 0 amide bonds. The summed E-state index contributed by atoms with van der Waals surface area (Å²) in [5, 5.41) is 6.90. The van der Waals surface area contributed by atoms with E-state index in [-0.39, 0.29) is 0 Å². The molecule has 0 radical (unpaired) electrons. The SMILES string of the molecule is C1=CN=C2SC=NN2C1.CC. The van der Waals surface area contributed by atoms with Crippen LogP contribution in [0.1, 0.15) is 13.8 Å². The molecule has 0 saturated carbocycles. The molecule has 0 spiro atoms. The van der Waals surface area contributed by atoms with Crippen LogP contribution in [0.25, 0.3) is 0 Å². The molecule has 0 bridgehead atoms. The first kappa shape index (κ1) is 8.33. The van der Waals surface area contributed by atoms with Crippen molar-refractivity contribution >= 4 is 22.5 Å². The van der Waals surface area contributed by atoms with Gasteiger partial charge in [-0.25, -0.2) is 10.0 Å². The Kier molecular flexibility index (Phi) is 3.16. The van der Waals surface area contributed by atoms with Gasteiger partial charge in [0.15, 0.2) is 5.17 Å². The first-order valence-electron chi connectivity index (χ1n) is 3.66. The fourth-order valence-corrected chi connectivity index (χ4v) is 1.34. The number of aliphatic imine (C=N–C) groups is 1. The summed E-state index contributed by atoms with van der Waals surface area (Å²) in [5.41, 5.74) is 1.80. The van der Waals surface area contributed by atoms with Gasteiger partial charge >= 0.3 is 0 Å². The number of hydrogen-bond acceptors (Lipinski definition) is 4. The zero-order valence-corrected chi connectivity index (χ0v) is 7.51. The van der Waals surface area contributed by atoms with Gasteiger partial charge in [-0.2, -0.15) is 5.10 Å². The lowest BCUT2D eigenvalue weighted by atomic mass is 10.5. The van der Waals surface area contributed by atoms with Crippen molar-refractivity contribution in [2.45, 2.75) is 13.8 Å². The average Bonchev–Trinajstić information content (AvgIpc) is 2.55. The molecular formula is C7H11N3S. The Morgan fingerprint density at radius 2 is 2.36 bits per heavy atom. The van der Waals surface area contributed by atoms with Crippen molar-refractivity contribution < 1.29 is 0 Å². The van der Waals surface area contributed by atoms with E-state index in [0.29, 0.717) is 0 Å². The predicted octanol–water partition coefficient (Wildman–Crippen LogP) is 1.89. The second kappa shape index (κ2) is 4.18. The van der Waals surface area contributed by atoms with Gasteiger partial charge in [-0.15, -0.1) is 0 Å². The van der Waals surface area contributed by atoms with Crippen LogP contribution in [0.2, 0.25) is 0 Å². The molecule has 0 atom stereocenters. The van der Waals surface area contributed by atoms with Gasteiger partial charge in [-0.3, -0.25) is 0 Å². The van der Waals surface area contributed by atoms with E-state index in [0.717, 1.165) is 11.7 Å². The van der Waals surface area contributed by atoms with Crippen LogP contribution in [0.15, 0.2) is 22.4 Å². The van der Waals surface area contributed by atoms with E-state index < -0.39 is 0 Å².